The Bertz CT molecular complexity index is 616. The number of nitrogens with one attached hydrogen (secondary N) is 1. The van der Waals surface area contributed by atoms with Crippen LogP contribution in [0.3, 0.4) is 0 Å². The van der Waals surface area contributed by atoms with Crippen LogP contribution in [0.4, 0.5) is 5.69 Å². The van der Waals surface area contributed by atoms with Crippen molar-refractivity contribution < 1.29 is 4.79 Å². The number of hydrogen-bond acceptors (Lipinski definition) is 2. The number of amides is 1. The molecule has 5 heteroatoms. The fourth-order valence-electron chi connectivity index (χ4n) is 1.59. The van der Waals surface area contributed by atoms with Crippen LogP contribution in [0.25, 0.3) is 0 Å². The minimum absolute atomic E-state index is 0.183. The van der Waals surface area contributed by atoms with Gasteiger partial charge in [0.25, 0.3) is 5.91 Å². The summed E-state index contributed by atoms with van der Waals surface area (Å²) in [4.78, 5) is 12.0. The largest absolute Gasteiger partial charge is 0.398 e. The van der Waals surface area contributed by atoms with Gasteiger partial charge in [0, 0.05) is 16.6 Å². The molecule has 0 aromatic heterocycles. The van der Waals surface area contributed by atoms with Crippen molar-refractivity contribution in [3.63, 3.8) is 0 Å². The minimum atomic E-state index is -0.183. The molecule has 2 aromatic carbocycles. The van der Waals surface area contributed by atoms with E-state index in [9.17, 15) is 4.79 Å². The van der Waals surface area contributed by atoms with Crippen LogP contribution in [0.2, 0.25) is 5.02 Å². The van der Waals surface area contributed by atoms with E-state index in [1.807, 2.05) is 24.3 Å². The molecule has 0 radical (unpaired) electrons. The van der Waals surface area contributed by atoms with Gasteiger partial charge in [-0.1, -0.05) is 45.7 Å². The zero-order valence-corrected chi connectivity index (χ0v) is 12.3. The van der Waals surface area contributed by atoms with Crippen molar-refractivity contribution in [1.29, 1.82) is 0 Å². The molecule has 0 aliphatic carbocycles. The highest BCUT2D eigenvalue weighted by Gasteiger charge is 2.08. The fourth-order valence-corrected chi connectivity index (χ4v) is 2.19. The number of carbonyl (C=O) groups is 1. The van der Waals surface area contributed by atoms with Gasteiger partial charge in [0.2, 0.25) is 0 Å². The summed E-state index contributed by atoms with van der Waals surface area (Å²) in [6, 6.07) is 12.6. The highest BCUT2D eigenvalue weighted by Crippen LogP contribution is 2.20. The Morgan fingerprint density at radius 1 is 1.26 bits per heavy atom. The average molecular weight is 340 g/mol. The number of benzene rings is 2. The van der Waals surface area contributed by atoms with E-state index in [0.717, 1.165) is 10.0 Å². The van der Waals surface area contributed by atoms with E-state index in [4.69, 9.17) is 17.3 Å². The number of nitrogens with two attached hydrogens (primary N) is 1. The summed E-state index contributed by atoms with van der Waals surface area (Å²) in [5.74, 6) is -0.183. The third-order valence-corrected chi connectivity index (χ3v) is 3.76. The molecule has 1 amide bonds. The zero-order valence-electron chi connectivity index (χ0n) is 9.99. The van der Waals surface area contributed by atoms with Crippen LogP contribution in [-0.4, -0.2) is 5.91 Å². The molecule has 0 fully saturated rings. The predicted octanol–water partition coefficient (Wildman–Crippen LogP) is 3.61. The molecular weight excluding hydrogens is 328 g/mol. The maximum atomic E-state index is 12.0. The van der Waals surface area contributed by atoms with Gasteiger partial charge in [0.1, 0.15) is 0 Å². The number of carbonyl (C=O) groups excluding carboxylic acids is 1. The highest BCUT2D eigenvalue weighted by atomic mass is 79.9. The van der Waals surface area contributed by atoms with Crippen molar-refractivity contribution >= 4 is 39.1 Å². The van der Waals surface area contributed by atoms with Crippen molar-refractivity contribution in [3.8, 4) is 0 Å². The van der Waals surface area contributed by atoms with Crippen molar-refractivity contribution in [3.05, 3.63) is 63.1 Å². The van der Waals surface area contributed by atoms with Crippen molar-refractivity contribution in [1.82, 2.24) is 5.32 Å². The van der Waals surface area contributed by atoms with Crippen LogP contribution in [-0.2, 0) is 6.54 Å². The van der Waals surface area contributed by atoms with Crippen molar-refractivity contribution in [2.24, 2.45) is 0 Å². The van der Waals surface area contributed by atoms with Gasteiger partial charge >= 0.3 is 0 Å². The number of halogens is 2. The molecule has 98 valence electrons. The topological polar surface area (TPSA) is 55.1 Å². The quantitative estimate of drug-likeness (QED) is 0.839. The Balaban J connectivity index is 2.05. The second-order valence-electron chi connectivity index (χ2n) is 4.01. The Morgan fingerprint density at radius 2 is 2.00 bits per heavy atom. The standard InChI is InChI=1S/C14H12BrClN2O/c15-11-4-2-1-3-10(11)8-18-14(19)9-5-6-13(17)12(16)7-9/h1-7H,8,17H2,(H,18,19). The Morgan fingerprint density at radius 3 is 2.68 bits per heavy atom. The van der Waals surface area contributed by atoms with E-state index in [-0.39, 0.29) is 5.91 Å². The molecule has 0 saturated heterocycles. The lowest BCUT2D eigenvalue weighted by molar-refractivity contribution is 0.0951. The van der Waals surface area contributed by atoms with Crippen molar-refractivity contribution in [2.75, 3.05) is 5.73 Å². The lowest BCUT2D eigenvalue weighted by Crippen LogP contribution is -2.23. The number of hydrogen-bond donors (Lipinski definition) is 2. The van der Waals surface area contributed by atoms with E-state index in [1.165, 1.54) is 0 Å². The molecule has 3 nitrogen and oxygen atoms in total. The van der Waals surface area contributed by atoms with Gasteiger partial charge in [0.15, 0.2) is 0 Å². The van der Waals surface area contributed by atoms with Crippen LogP contribution >= 0.6 is 27.5 Å². The molecular formula is C14H12BrClN2O. The first-order valence-corrected chi connectivity index (χ1v) is 6.81. The van der Waals surface area contributed by atoms with Crippen LogP contribution in [0, 0.1) is 0 Å². The van der Waals surface area contributed by atoms with Crippen LogP contribution in [0.15, 0.2) is 46.9 Å². The molecule has 0 heterocycles. The van der Waals surface area contributed by atoms with Crippen molar-refractivity contribution in [2.45, 2.75) is 6.54 Å². The molecule has 0 saturated carbocycles. The fraction of sp³-hybridized carbons (Fsp3) is 0.0714. The molecule has 0 aliphatic heterocycles. The first kappa shape index (κ1) is 13.9. The lowest BCUT2D eigenvalue weighted by Gasteiger charge is -2.08. The van der Waals surface area contributed by atoms with E-state index < -0.39 is 0 Å². The molecule has 0 bridgehead atoms. The Kier molecular flexibility index (Phi) is 4.45. The summed E-state index contributed by atoms with van der Waals surface area (Å²) in [6.07, 6.45) is 0. The number of rotatable bonds is 3. The Hall–Kier alpha value is -1.52. The van der Waals surface area contributed by atoms with Gasteiger partial charge in [0.05, 0.1) is 10.7 Å². The van der Waals surface area contributed by atoms with Crippen LogP contribution < -0.4 is 11.1 Å². The summed E-state index contributed by atoms with van der Waals surface area (Å²) in [6.45, 7) is 0.447. The van der Waals surface area contributed by atoms with Gasteiger partial charge < -0.3 is 11.1 Å². The van der Waals surface area contributed by atoms with E-state index in [0.29, 0.717) is 22.8 Å². The van der Waals surface area contributed by atoms with Crippen LogP contribution in [0.1, 0.15) is 15.9 Å². The van der Waals surface area contributed by atoms with E-state index in [1.54, 1.807) is 18.2 Å². The maximum absolute atomic E-state index is 12.0. The summed E-state index contributed by atoms with van der Waals surface area (Å²) in [5, 5.41) is 3.22. The van der Waals surface area contributed by atoms with E-state index >= 15 is 0 Å². The minimum Gasteiger partial charge on any atom is -0.398 e. The Labute approximate surface area is 124 Å². The van der Waals surface area contributed by atoms with E-state index in [2.05, 4.69) is 21.2 Å². The molecule has 19 heavy (non-hydrogen) atoms. The third-order valence-electron chi connectivity index (χ3n) is 2.66. The number of nitrogen functional groups attached to an aromatic ring is 1. The normalized spacial score (nSPS) is 10.2. The second-order valence-corrected chi connectivity index (χ2v) is 5.27. The molecule has 3 N–H and O–H groups in total. The summed E-state index contributed by atoms with van der Waals surface area (Å²) in [5.41, 5.74) is 7.57. The molecule has 2 rings (SSSR count). The monoisotopic (exact) mass is 338 g/mol. The molecule has 2 aromatic rings. The SMILES string of the molecule is Nc1ccc(C(=O)NCc2ccccc2Br)cc1Cl. The smallest absolute Gasteiger partial charge is 0.251 e. The summed E-state index contributed by atoms with van der Waals surface area (Å²) in [7, 11) is 0. The highest BCUT2D eigenvalue weighted by molar-refractivity contribution is 9.10. The number of anilines is 1. The molecule has 0 atom stereocenters. The third kappa shape index (κ3) is 3.49. The van der Waals surface area contributed by atoms with Gasteiger partial charge in [-0.05, 0) is 29.8 Å². The maximum Gasteiger partial charge on any atom is 0.251 e. The first-order chi connectivity index (χ1) is 9.08. The molecule has 0 spiro atoms. The van der Waals surface area contributed by atoms with Gasteiger partial charge in [-0.25, -0.2) is 0 Å². The lowest BCUT2D eigenvalue weighted by atomic mass is 10.2. The van der Waals surface area contributed by atoms with Gasteiger partial charge in [-0.2, -0.15) is 0 Å². The molecule has 0 aliphatic rings. The first-order valence-electron chi connectivity index (χ1n) is 5.64. The summed E-state index contributed by atoms with van der Waals surface area (Å²) < 4.78 is 0.964. The van der Waals surface area contributed by atoms with Crippen LogP contribution in [0.5, 0.6) is 0 Å². The predicted molar refractivity (Wildman–Crippen MR) is 81.2 cm³/mol. The molecule has 0 unspecified atom stereocenters. The van der Waals surface area contributed by atoms with Gasteiger partial charge in [-0.15, -0.1) is 0 Å². The van der Waals surface area contributed by atoms with Gasteiger partial charge in [-0.3, -0.25) is 4.79 Å². The second kappa shape index (κ2) is 6.08. The summed E-state index contributed by atoms with van der Waals surface area (Å²) >= 11 is 9.32. The zero-order chi connectivity index (χ0) is 13.8. The average Bonchev–Trinajstić information content (AvgIpc) is 2.40.